The van der Waals surface area contributed by atoms with Crippen molar-refractivity contribution in [3.63, 3.8) is 0 Å². The lowest BCUT2D eigenvalue weighted by molar-refractivity contribution is -0.117. The van der Waals surface area contributed by atoms with Crippen LogP contribution in [-0.2, 0) is 11.3 Å². The maximum absolute atomic E-state index is 12.1. The molecule has 1 heterocycles. The molecule has 122 valence electrons. The Morgan fingerprint density at radius 1 is 1.33 bits per heavy atom. The molecule has 0 saturated heterocycles. The number of imidazole rings is 1. The number of benzene rings is 1. The molecule has 0 atom stereocenters. The van der Waals surface area contributed by atoms with Gasteiger partial charge < -0.3 is 4.98 Å². The average molecular weight is 343 g/mol. The number of aromatic amines is 1. The van der Waals surface area contributed by atoms with Gasteiger partial charge in [-0.1, -0.05) is 30.7 Å². The molecule has 0 bridgehead atoms. The van der Waals surface area contributed by atoms with Crippen LogP contribution in [0.3, 0.4) is 0 Å². The second-order valence-corrected chi connectivity index (χ2v) is 5.45. The number of likely N-dealkylation sites (N-methyl/N-ethyl adjacent to an activating group) is 1. The highest BCUT2D eigenvalue weighted by atomic mass is 35.5. The Hall–Kier alpha value is -2.87. The van der Waals surface area contributed by atoms with Crippen LogP contribution in [0, 0.1) is 22.7 Å². The van der Waals surface area contributed by atoms with Gasteiger partial charge in [0.05, 0.1) is 6.54 Å². The fourth-order valence-corrected chi connectivity index (χ4v) is 2.22. The maximum Gasteiger partial charge on any atom is 0.240 e. The third kappa shape index (κ3) is 4.56. The number of nitrogens with zero attached hydrogens (tertiary/aromatic N) is 4. The van der Waals surface area contributed by atoms with Gasteiger partial charge in [-0.05, 0) is 24.2 Å². The van der Waals surface area contributed by atoms with Gasteiger partial charge in [0.25, 0.3) is 0 Å². The lowest BCUT2D eigenvalue weighted by Crippen LogP contribution is -2.33. The van der Waals surface area contributed by atoms with E-state index in [1.54, 1.807) is 18.2 Å². The third-order valence-corrected chi connectivity index (χ3v) is 3.57. The molecule has 2 rings (SSSR count). The third-order valence-electron chi connectivity index (χ3n) is 3.31. The van der Waals surface area contributed by atoms with Crippen molar-refractivity contribution in [3.05, 3.63) is 46.2 Å². The lowest BCUT2D eigenvalue weighted by Gasteiger charge is -2.19. The molecule has 0 aliphatic carbocycles. The minimum Gasteiger partial charge on any atom is -0.314 e. The minimum atomic E-state index is -0.284. The molecule has 0 radical (unpaired) electrons. The van der Waals surface area contributed by atoms with Gasteiger partial charge >= 0.3 is 0 Å². The summed E-state index contributed by atoms with van der Waals surface area (Å²) in [4.78, 5) is 20.5. The number of hydrogen-bond acceptors (Lipinski definition) is 5. The van der Waals surface area contributed by atoms with Crippen molar-refractivity contribution in [1.82, 2.24) is 14.9 Å². The summed E-state index contributed by atoms with van der Waals surface area (Å²) in [5.74, 6) is -0.191. The molecule has 1 aromatic carbocycles. The van der Waals surface area contributed by atoms with Gasteiger partial charge in [0.15, 0.2) is 11.4 Å². The molecule has 24 heavy (non-hydrogen) atoms. The summed E-state index contributed by atoms with van der Waals surface area (Å²) >= 11 is 5.86. The zero-order valence-corrected chi connectivity index (χ0v) is 13.8. The minimum absolute atomic E-state index is 0.0290. The van der Waals surface area contributed by atoms with E-state index in [-0.39, 0.29) is 29.8 Å². The van der Waals surface area contributed by atoms with Crippen molar-refractivity contribution in [1.29, 1.82) is 10.5 Å². The molecule has 0 saturated carbocycles. The van der Waals surface area contributed by atoms with Crippen LogP contribution < -0.4 is 5.32 Å². The van der Waals surface area contributed by atoms with E-state index in [4.69, 9.17) is 22.1 Å². The molecule has 7 nitrogen and oxygen atoms in total. The summed E-state index contributed by atoms with van der Waals surface area (Å²) in [7, 11) is 0. The Kier molecular flexibility index (Phi) is 5.91. The molecule has 1 amide bonds. The average Bonchev–Trinajstić information content (AvgIpc) is 2.98. The molecule has 0 unspecified atom stereocenters. The van der Waals surface area contributed by atoms with E-state index in [0.29, 0.717) is 18.1 Å². The van der Waals surface area contributed by atoms with E-state index < -0.39 is 0 Å². The molecule has 8 heteroatoms. The van der Waals surface area contributed by atoms with E-state index in [1.807, 2.05) is 30.0 Å². The van der Waals surface area contributed by atoms with Gasteiger partial charge in [-0.2, -0.15) is 10.5 Å². The summed E-state index contributed by atoms with van der Waals surface area (Å²) in [6.45, 7) is 3.40. The predicted octanol–water partition coefficient (Wildman–Crippen LogP) is 2.27. The van der Waals surface area contributed by atoms with E-state index in [0.717, 1.165) is 5.56 Å². The van der Waals surface area contributed by atoms with Crippen molar-refractivity contribution in [2.45, 2.75) is 13.5 Å². The van der Waals surface area contributed by atoms with Crippen molar-refractivity contribution in [3.8, 4) is 12.1 Å². The van der Waals surface area contributed by atoms with E-state index in [1.165, 1.54) is 0 Å². The van der Waals surface area contributed by atoms with E-state index in [9.17, 15) is 4.79 Å². The van der Waals surface area contributed by atoms with Crippen LogP contribution in [-0.4, -0.2) is 33.9 Å². The first-order chi connectivity index (χ1) is 11.5. The maximum atomic E-state index is 12.1. The van der Waals surface area contributed by atoms with E-state index in [2.05, 4.69) is 15.3 Å². The van der Waals surface area contributed by atoms with Crippen LogP contribution >= 0.6 is 11.6 Å². The lowest BCUT2D eigenvalue weighted by atomic mass is 10.2. The predicted molar refractivity (Wildman–Crippen MR) is 89.1 cm³/mol. The summed E-state index contributed by atoms with van der Waals surface area (Å²) in [6, 6.07) is 11.0. The number of H-pyrrole nitrogens is 1. The van der Waals surface area contributed by atoms with Crippen molar-refractivity contribution >= 4 is 23.5 Å². The van der Waals surface area contributed by atoms with Crippen molar-refractivity contribution < 1.29 is 4.79 Å². The first kappa shape index (κ1) is 17.5. The zero-order chi connectivity index (χ0) is 17.5. The Labute approximate surface area is 144 Å². The van der Waals surface area contributed by atoms with Crippen LogP contribution in [0.2, 0.25) is 5.02 Å². The number of nitrogens with one attached hydrogen (secondary N) is 2. The molecule has 0 spiro atoms. The number of carbonyl (C=O) groups excluding carboxylic acids is 1. The topological polar surface area (TPSA) is 109 Å². The Morgan fingerprint density at radius 3 is 2.58 bits per heavy atom. The molecule has 2 N–H and O–H groups in total. The van der Waals surface area contributed by atoms with Gasteiger partial charge in [-0.25, -0.2) is 4.98 Å². The highest BCUT2D eigenvalue weighted by molar-refractivity contribution is 6.30. The highest BCUT2D eigenvalue weighted by Crippen LogP contribution is 2.12. The molecule has 0 fully saturated rings. The van der Waals surface area contributed by atoms with E-state index >= 15 is 0 Å². The Bertz CT molecular complexity index is 768. The number of amides is 1. The van der Waals surface area contributed by atoms with Crippen molar-refractivity contribution in [2.24, 2.45) is 0 Å². The normalized spacial score (nSPS) is 10.2. The fourth-order valence-electron chi connectivity index (χ4n) is 2.10. The highest BCUT2D eigenvalue weighted by Gasteiger charge is 2.14. The Balaban J connectivity index is 1.97. The first-order valence-electron chi connectivity index (χ1n) is 7.22. The van der Waals surface area contributed by atoms with Gasteiger partial charge in [0, 0.05) is 11.6 Å². The first-order valence-corrected chi connectivity index (χ1v) is 7.60. The SMILES string of the molecule is CCN(CC(=O)Nc1nc(C#N)c(C#N)[nH]1)Cc1ccc(Cl)cc1. The van der Waals surface area contributed by atoms with Crippen LogP contribution in [0.25, 0.3) is 0 Å². The molecule has 2 aromatic rings. The van der Waals surface area contributed by atoms with Crippen LogP contribution in [0.1, 0.15) is 23.9 Å². The van der Waals surface area contributed by atoms with Crippen LogP contribution in [0.4, 0.5) is 5.95 Å². The summed E-state index contributed by atoms with van der Waals surface area (Å²) in [5, 5.41) is 20.9. The summed E-state index contributed by atoms with van der Waals surface area (Å²) < 4.78 is 0. The molecule has 0 aliphatic heterocycles. The van der Waals surface area contributed by atoms with Crippen molar-refractivity contribution in [2.75, 3.05) is 18.4 Å². The smallest absolute Gasteiger partial charge is 0.240 e. The number of carbonyl (C=O) groups is 1. The van der Waals surface area contributed by atoms with Gasteiger partial charge in [-0.15, -0.1) is 0 Å². The zero-order valence-electron chi connectivity index (χ0n) is 13.0. The quantitative estimate of drug-likeness (QED) is 0.837. The molecular weight excluding hydrogens is 328 g/mol. The molecule has 1 aromatic heterocycles. The number of nitriles is 2. The summed E-state index contributed by atoms with van der Waals surface area (Å²) in [6.07, 6.45) is 0. The fraction of sp³-hybridized carbons (Fsp3) is 0.250. The second-order valence-electron chi connectivity index (χ2n) is 5.01. The van der Waals surface area contributed by atoms with Crippen LogP contribution in [0.5, 0.6) is 0 Å². The largest absolute Gasteiger partial charge is 0.314 e. The van der Waals surface area contributed by atoms with Gasteiger partial charge in [0.2, 0.25) is 11.9 Å². The summed E-state index contributed by atoms with van der Waals surface area (Å²) in [5.41, 5.74) is 1.04. The molecule has 0 aliphatic rings. The number of anilines is 1. The van der Waals surface area contributed by atoms with Gasteiger partial charge in [-0.3, -0.25) is 15.0 Å². The second kappa shape index (κ2) is 8.11. The Morgan fingerprint density at radius 2 is 2.04 bits per heavy atom. The number of hydrogen-bond donors (Lipinski definition) is 2. The number of rotatable bonds is 6. The standard InChI is InChI=1S/C16H15ClN6O/c1-2-23(9-11-3-5-12(17)6-4-11)10-15(24)22-16-20-13(7-18)14(8-19)21-16/h3-6H,2,9-10H2,1H3,(H2,20,21,22,24). The number of aromatic nitrogens is 2. The number of halogens is 1. The molecular formula is C16H15ClN6O. The van der Waals surface area contributed by atoms with Crippen LogP contribution in [0.15, 0.2) is 24.3 Å². The van der Waals surface area contributed by atoms with Gasteiger partial charge in [0.1, 0.15) is 12.1 Å². The monoisotopic (exact) mass is 342 g/mol.